The third-order valence-electron chi connectivity index (χ3n) is 2.36. The number of nitrogens with one attached hydrogen (secondary N) is 1. The number of nitrogens with zero attached hydrogens (tertiary/aromatic N) is 2. The number of carbonyl (C=O) groups is 1. The molecule has 90 valence electrons. The van der Waals surface area contributed by atoms with E-state index in [9.17, 15) is 4.79 Å². The van der Waals surface area contributed by atoms with E-state index in [1.165, 1.54) is 7.11 Å². The summed E-state index contributed by atoms with van der Waals surface area (Å²) in [5.41, 5.74) is 7.28. The molecule has 1 rings (SSSR count). The van der Waals surface area contributed by atoms with Crippen molar-refractivity contribution in [2.45, 2.75) is 19.6 Å². The summed E-state index contributed by atoms with van der Waals surface area (Å²) in [6.07, 6.45) is 1.29. The minimum Gasteiger partial charge on any atom is -0.370 e. The molecule has 16 heavy (non-hydrogen) atoms. The van der Waals surface area contributed by atoms with E-state index in [4.69, 9.17) is 10.5 Å². The zero-order chi connectivity index (χ0) is 12.1. The third-order valence-corrected chi connectivity index (χ3v) is 2.36. The summed E-state index contributed by atoms with van der Waals surface area (Å²) in [6.45, 7) is 2.52. The summed E-state index contributed by atoms with van der Waals surface area (Å²) in [5.74, 6) is -0.201. The molecule has 0 spiro atoms. The van der Waals surface area contributed by atoms with E-state index in [-0.39, 0.29) is 12.5 Å². The predicted octanol–water partition coefficient (Wildman–Crippen LogP) is -0.682. The van der Waals surface area contributed by atoms with Gasteiger partial charge in [0, 0.05) is 39.0 Å². The first-order valence-corrected chi connectivity index (χ1v) is 5.08. The summed E-state index contributed by atoms with van der Waals surface area (Å²) >= 11 is 0. The molecule has 0 saturated carbocycles. The number of nitrogens with two attached hydrogens (primary N) is 1. The Balaban J connectivity index is 2.51. The fourth-order valence-electron chi connectivity index (χ4n) is 1.43. The quantitative estimate of drug-likeness (QED) is 0.697. The highest BCUT2D eigenvalue weighted by molar-refractivity contribution is 5.80. The van der Waals surface area contributed by atoms with Crippen LogP contribution in [0.4, 0.5) is 0 Å². The smallest absolute Gasteiger partial charge is 0.250 e. The molecule has 1 amide bonds. The maximum absolute atomic E-state index is 11.6. The van der Waals surface area contributed by atoms with Gasteiger partial charge in [0.15, 0.2) is 0 Å². The van der Waals surface area contributed by atoms with Crippen LogP contribution in [0, 0.1) is 6.92 Å². The van der Waals surface area contributed by atoms with E-state index in [2.05, 4.69) is 10.4 Å². The van der Waals surface area contributed by atoms with Crippen molar-refractivity contribution in [3.05, 3.63) is 17.5 Å². The van der Waals surface area contributed by atoms with Crippen LogP contribution in [0.15, 0.2) is 6.20 Å². The van der Waals surface area contributed by atoms with Gasteiger partial charge in [-0.15, -0.1) is 0 Å². The van der Waals surface area contributed by atoms with Crippen molar-refractivity contribution in [3.8, 4) is 0 Å². The molecular formula is C10H18N4O2. The van der Waals surface area contributed by atoms with Gasteiger partial charge < -0.3 is 15.8 Å². The van der Waals surface area contributed by atoms with Crippen LogP contribution in [-0.2, 0) is 23.1 Å². The van der Waals surface area contributed by atoms with Crippen molar-refractivity contribution in [1.82, 2.24) is 15.1 Å². The van der Waals surface area contributed by atoms with Crippen molar-refractivity contribution in [2.75, 3.05) is 13.7 Å². The highest BCUT2D eigenvalue weighted by Gasteiger charge is 2.15. The van der Waals surface area contributed by atoms with E-state index >= 15 is 0 Å². The zero-order valence-electron chi connectivity index (χ0n) is 9.86. The van der Waals surface area contributed by atoms with E-state index in [1.54, 1.807) is 4.68 Å². The highest BCUT2D eigenvalue weighted by Crippen LogP contribution is 2.03. The fraction of sp³-hybridized carbons (Fsp3) is 0.600. The van der Waals surface area contributed by atoms with Gasteiger partial charge in [0.2, 0.25) is 0 Å². The molecule has 0 radical (unpaired) electrons. The van der Waals surface area contributed by atoms with Gasteiger partial charge in [0.1, 0.15) is 6.10 Å². The van der Waals surface area contributed by atoms with Gasteiger partial charge in [-0.05, 0) is 6.92 Å². The Labute approximate surface area is 94.8 Å². The lowest BCUT2D eigenvalue weighted by Crippen LogP contribution is -2.40. The number of aryl methyl sites for hydroxylation is 2. The molecule has 1 atom stereocenters. The SMILES string of the molecule is COC(CN)C(=O)NCc1cn(C)nc1C. The summed E-state index contributed by atoms with van der Waals surface area (Å²) in [5, 5.41) is 6.94. The van der Waals surface area contributed by atoms with Crippen LogP contribution in [0.5, 0.6) is 0 Å². The van der Waals surface area contributed by atoms with Gasteiger partial charge in [-0.1, -0.05) is 0 Å². The minimum atomic E-state index is -0.586. The van der Waals surface area contributed by atoms with Crippen LogP contribution < -0.4 is 11.1 Å². The second-order valence-corrected chi connectivity index (χ2v) is 3.59. The minimum absolute atomic E-state index is 0.175. The summed E-state index contributed by atoms with van der Waals surface area (Å²) < 4.78 is 6.64. The zero-order valence-corrected chi connectivity index (χ0v) is 9.86. The second-order valence-electron chi connectivity index (χ2n) is 3.59. The number of rotatable bonds is 5. The Morgan fingerprint density at radius 3 is 2.88 bits per heavy atom. The highest BCUT2D eigenvalue weighted by atomic mass is 16.5. The van der Waals surface area contributed by atoms with Gasteiger partial charge in [-0.2, -0.15) is 5.10 Å². The Hall–Kier alpha value is -1.40. The van der Waals surface area contributed by atoms with Gasteiger partial charge in [-0.3, -0.25) is 9.48 Å². The van der Waals surface area contributed by atoms with Gasteiger partial charge in [-0.25, -0.2) is 0 Å². The average Bonchev–Trinajstić information content (AvgIpc) is 2.56. The molecule has 6 nitrogen and oxygen atoms in total. The number of amides is 1. The maximum atomic E-state index is 11.6. The number of aromatic nitrogens is 2. The fourth-order valence-corrected chi connectivity index (χ4v) is 1.43. The molecule has 3 N–H and O–H groups in total. The molecule has 0 bridgehead atoms. The molecular weight excluding hydrogens is 208 g/mol. The Kier molecular flexibility index (Phi) is 4.45. The first kappa shape index (κ1) is 12.7. The van der Waals surface area contributed by atoms with Crippen molar-refractivity contribution in [3.63, 3.8) is 0 Å². The summed E-state index contributed by atoms with van der Waals surface area (Å²) in [4.78, 5) is 11.6. The Morgan fingerprint density at radius 1 is 1.75 bits per heavy atom. The maximum Gasteiger partial charge on any atom is 0.250 e. The number of carbonyl (C=O) groups excluding carboxylic acids is 1. The topological polar surface area (TPSA) is 82.2 Å². The van der Waals surface area contributed by atoms with Crippen LogP contribution >= 0.6 is 0 Å². The lowest BCUT2D eigenvalue weighted by molar-refractivity contribution is -0.130. The summed E-state index contributed by atoms with van der Waals surface area (Å²) in [7, 11) is 3.31. The average molecular weight is 226 g/mol. The molecule has 6 heteroatoms. The van der Waals surface area contributed by atoms with E-state index < -0.39 is 6.10 Å². The van der Waals surface area contributed by atoms with Crippen molar-refractivity contribution < 1.29 is 9.53 Å². The van der Waals surface area contributed by atoms with Crippen LogP contribution in [0.1, 0.15) is 11.3 Å². The first-order valence-electron chi connectivity index (χ1n) is 5.08. The van der Waals surface area contributed by atoms with Gasteiger partial charge in [0.05, 0.1) is 5.69 Å². The molecule has 1 aromatic heterocycles. The molecule has 0 aliphatic carbocycles. The van der Waals surface area contributed by atoms with Gasteiger partial charge in [0.25, 0.3) is 5.91 Å². The molecule has 0 aliphatic rings. The molecule has 0 fully saturated rings. The van der Waals surface area contributed by atoms with E-state index in [0.717, 1.165) is 11.3 Å². The molecule has 1 heterocycles. The molecule has 0 saturated heterocycles. The van der Waals surface area contributed by atoms with Crippen LogP contribution in [0.2, 0.25) is 0 Å². The largest absolute Gasteiger partial charge is 0.370 e. The number of hydrogen-bond acceptors (Lipinski definition) is 4. The van der Waals surface area contributed by atoms with Gasteiger partial charge >= 0.3 is 0 Å². The van der Waals surface area contributed by atoms with Crippen LogP contribution in [0.3, 0.4) is 0 Å². The summed E-state index contributed by atoms with van der Waals surface area (Å²) in [6, 6.07) is 0. The number of hydrogen-bond donors (Lipinski definition) is 2. The monoisotopic (exact) mass is 226 g/mol. The predicted molar refractivity (Wildman–Crippen MR) is 59.6 cm³/mol. The normalized spacial score (nSPS) is 12.5. The number of methoxy groups -OCH3 is 1. The first-order chi connectivity index (χ1) is 7.58. The van der Waals surface area contributed by atoms with Crippen LogP contribution in [-0.4, -0.2) is 35.4 Å². The lowest BCUT2D eigenvalue weighted by atomic mass is 10.2. The standard InChI is InChI=1S/C10H18N4O2/c1-7-8(6-14(2)13-7)5-12-10(15)9(4-11)16-3/h6,9H,4-5,11H2,1-3H3,(H,12,15). The van der Waals surface area contributed by atoms with Crippen molar-refractivity contribution in [1.29, 1.82) is 0 Å². The van der Waals surface area contributed by atoms with Crippen LogP contribution in [0.25, 0.3) is 0 Å². The van der Waals surface area contributed by atoms with E-state index in [0.29, 0.717) is 6.54 Å². The van der Waals surface area contributed by atoms with Crippen molar-refractivity contribution >= 4 is 5.91 Å². The number of ether oxygens (including phenoxy) is 1. The van der Waals surface area contributed by atoms with E-state index in [1.807, 2.05) is 20.2 Å². The molecule has 1 unspecified atom stereocenters. The third kappa shape index (κ3) is 3.04. The molecule has 0 aromatic carbocycles. The van der Waals surface area contributed by atoms with Crippen molar-refractivity contribution in [2.24, 2.45) is 12.8 Å². The molecule has 0 aliphatic heterocycles. The Bertz CT molecular complexity index is 358. The molecule has 1 aromatic rings. The second kappa shape index (κ2) is 5.62. The lowest BCUT2D eigenvalue weighted by Gasteiger charge is -2.12. The Morgan fingerprint density at radius 2 is 2.44 bits per heavy atom.